The Kier molecular flexibility index (Phi) is 6.93. The van der Waals surface area contributed by atoms with Crippen LogP contribution in [0.15, 0.2) is 74.2 Å². The number of fused-ring (bicyclic) bond motifs is 2. The first-order chi connectivity index (χ1) is 10.6. The van der Waals surface area contributed by atoms with E-state index in [4.69, 9.17) is 0 Å². The van der Waals surface area contributed by atoms with Crippen LogP contribution in [-0.2, 0) is 23.2 Å². The minimum absolute atomic E-state index is 0. The monoisotopic (exact) mass is 516 g/mol. The van der Waals surface area contributed by atoms with Crippen molar-refractivity contribution < 1.29 is 48.0 Å². The first-order valence-electron chi connectivity index (χ1n) is 7.58. The molecular weight excluding hydrogens is 502 g/mol. The van der Waals surface area contributed by atoms with E-state index in [-0.39, 0.29) is 24.8 Å². The van der Waals surface area contributed by atoms with E-state index in [0.717, 1.165) is 0 Å². The molecule has 0 radical (unpaired) electrons. The van der Waals surface area contributed by atoms with Crippen molar-refractivity contribution in [3.8, 4) is 0 Å². The van der Waals surface area contributed by atoms with E-state index >= 15 is 0 Å². The second-order valence-corrected chi connectivity index (χ2v) is 11.7. The van der Waals surface area contributed by atoms with Crippen molar-refractivity contribution in [1.82, 2.24) is 0 Å². The molecule has 0 amide bonds. The van der Waals surface area contributed by atoms with Crippen molar-refractivity contribution >= 4 is 27.7 Å². The van der Waals surface area contributed by atoms with Gasteiger partial charge in [-0.25, -0.2) is 0 Å². The predicted octanol–water partition coefficient (Wildman–Crippen LogP) is 0.133. The maximum atomic E-state index is 3.98. The van der Waals surface area contributed by atoms with Crippen LogP contribution in [0.2, 0.25) is 0 Å². The van der Waals surface area contributed by atoms with Crippen LogP contribution in [0.1, 0.15) is 27.2 Å². The zero-order valence-corrected chi connectivity index (χ0v) is 20.1. The van der Waals surface area contributed by atoms with Gasteiger partial charge in [-0.05, 0) is 0 Å². The fourth-order valence-electron chi connectivity index (χ4n) is 3.39. The van der Waals surface area contributed by atoms with E-state index in [0.29, 0.717) is 5.25 Å². The summed E-state index contributed by atoms with van der Waals surface area (Å²) >= 11 is 5.31. The summed E-state index contributed by atoms with van der Waals surface area (Å²) in [6, 6.07) is 0. The maximum absolute atomic E-state index is 3.98. The molecule has 3 aliphatic carbocycles. The minimum Gasteiger partial charge on any atom is -1.00 e. The van der Waals surface area contributed by atoms with Crippen LogP contribution in [0.25, 0.3) is 0 Å². The summed E-state index contributed by atoms with van der Waals surface area (Å²) < 4.78 is 4.73. The van der Waals surface area contributed by atoms with Crippen molar-refractivity contribution in [1.29, 1.82) is 0 Å². The molecule has 0 N–H and O–H groups in total. The van der Waals surface area contributed by atoms with E-state index in [1.165, 1.54) is 43.7 Å². The van der Waals surface area contributed by atoms with Gasteiger partial charge in [0, 0.05) is 0 Å². The van der Waals surface area contributed by atoms with E-state index in [1.54, 1.807) is 6.56 Å². The van der Waals surface area contributed by atoms with Gasteiger partial charge in [0.1, 0.15) is 0 Å². The number of hydrogen-bond donors (Lipinski definition) is 0. The Morgan fingerprint density at radius 3 is 2.62 bits per heavy atom. The molecule has 24 heavy (non-hydrogen) atoms. The molecule has 0 spiro atoms. The van der Waals surface area contributed by atoms with Gasteiger partial charge >= 0.3 is 158 Å². The Morgan fingerprint density at radius 1 is 1.21 bits per heavy atom. The van der Waals surface area contributed by atoms with Crippen LogP contribution in [0, 0.1) is 0 Å². The third kappa shape index (κ3) is 3.37. The molecule has 1 aliphatic heterocycles. The molecule has 0 saturated heterocycles. The smallest absolute Gasteiger partial charge is 1.00 e. The second kappa shape index (κ2) is 8.01. The average molecular weight is 519 g/mol. The van der Waals surface area contributed by atoms with Crippen LogP contribution in [-0.4, -0.2) is 5.25 Å². The van der Waals surface area contributed by atoms with Gasteiger partial charge in [-0.1, -0.05) is 0 Å². The summed E-state index contributed by atoms with van der Waals surface area (Å²) in [6.07, 6.45) is 12.9. The summed E-state index contributed by atoms with van der Waals surface area (Å²) in [5.41, 5.74) is 7.45. The van der Waals surface area contributed by atoms with Crippen molar-refractivity contribution in [2.45, 2.75) is 32.4 Å². The maximum Gasteiger partial charge on any atom is -1.00 e. The van der Waals surface area contributed by atoms with Crippen LogP contribution >= 0.6 is 27.7 Å². The largest absolute Gasteiger partial charge is 1.00 e. The summed E-state index contributed by atoms with van der Waals surface area (Å²) in [5.74, 6) is 0. The van der Waals surface area contributed by atoms with Crippen LogP contribution in [0.3, 0.4) is 0 Å². The Labute approximate surface area is 180 Å². The van der Waals surface area contributed by atoms with E-state index in [9.17, 15) is 0 Å². The number of hydrogen-bond acceptors (Lipinski definition) is 1. The average Bonchev–Trinajstić information content (AvgIpc) is 3.14. The molecule has 0 fully saturated rings. The summed E-state index contributed by atoms with van der Waals surface area (Å²) in [5, 5.41) is 0.509. The Balaban J connectivity index is 0.00000104. The molecule has 1 atom stereocenters. The SMILES string of the molecule is CC1=CC2=CC3SC(C)=C(C)C3=C(Br)C2=[C]1[Zr+2][C]1=CC=CC1.[Cl-].[Cl-]. The molecule has 0 aromatic heterocycles. The van der Waals surface area contributed by atoms with Gasteiger partial charge in [0.2, 0.25) is 0 Å². The zero-order chi connectivity index (χ0) is 15.4. The number of rotatable bonds is 2. The quantitative estimate of drug-likeness (QED) is 0.501. The van der Waals surface area contributed by atoms with Gasteiger partial charge in [0.15, 0.2) is 0 Å². The fourth-order valence-corrected chi connectivity index (χ4v) is 9.66. The molecule has 0 saturated carbocycles. The topological polar surface area (TPSA) is 0 Å². The molecule has 0 nitrogen and oxygen atoms in total. The fraction of sp³-hybridized carbons (Fsp3) is 0.263. The summed E-state index contributed by atoms with van der Waals surface area (Å²) in [7, 11) is 0. The van der Waals surface area contributed by atoms with E-state index in [1.807, 2.05) is 11.8 Å². The predicted molar refractivity (Wildman–Crippen MR) is 96.4 cm³/mol. The summed E-state index contributed by atoms with van der Waals surface area (Å²) in [6.45, 7) is 6.83. The zero-order valence-electron chi connectivity index (χ0n) is 13.7. The Morgan fingerprint density at radius 2 is 1.96 bits per heavy atom. The molecule has 1 unspecified atom stereocenters. The Hall–Kier alpha value is 0.473. The standard InChI is InChI=1S/C14H12BrS.C5H5.2ClH.Zr/c1-7-4-10-6-12-13(8(2)9(3)16-12)14(15)11(10)5-7;1-2-4-5-3-1;;;/h4,6,12H,1-3H3;1-3H,4H2;2*1H;/q;;;;+2/p-2. The van der Waals surface area contributed by atoms with E-state index in [2.05, 4.69) is 67.1 Å². The third-order valence-corrected chi connectivity index (χ3v) is 10.7. The molecule has 5 heteroatoms. The molecule has 0 aromatic rings. The van der Waals surface area contributed by atoms with Gasteiger partial charge in [-0.3, -0.25) is 0 Å². The van der Waals surface area contributed by atoms with E-state index < -0.39 is 23.2 Å². The first-order valence-corrected chi connectivity index (χ1v) is 11.7. The summed E-state index contributed by atoms with van der Waals surface area (Å²) in [4.78, 5) is 1.47. The first kappa shape index (κ1) is 20.8. The molecule has 1 heterocycles. The van der Waals surface area contributed by atoms with Crippen LogP contribution in [0.5, 0.6) is 0 Å². The molecular formula is C19H17BrCl2SZr. The van der Waals surface area contributed by atoms with Crippen LogP contribution < -0.4 is 24.8 Å². The molecule has 0 bridgehead atoms. The minimum atomic E-state index is -0.676. The second-order valence-electron chi connectivity index (χ2n) is 6.10. The van der Waals surface area contributed by atoms with Crippen LogP contribution in [0.4, 0.5) is 0 Å². The number of halogens is 3. The molecule has 124 valence electrons. The Bertz CT molecular complexity index is 809. The van der Waals surface area contributed by atoms with Crippen molar-refractivity contribution in [2.75, 3.05) is 0 Å². The number of allylic oxidation sites excluding steroid dienone is 12. The normalized spacial score (nSPS) is 24.0. The van der Waals surface area contributed by atoms with Gasteiger partial charge in [0.25, 0.3) is 0 Å². The third-order valence-electron chi connectivity index (χ3n) is 4.67. The van der Waals surface area contributed by atoms with Crippen molar-refractivity contribution in [2.24, 2.45) is 0 Å². The van der Waals surface area contributed by atoms with Crippen molar-refractivity contribution in [3.05, 3.63) is 74.2 Å². The molecule has 0 aromatic carbocycles. The van der Waals surface area contributed by atoms with Gasteiger partial charge < -0.3 is 24.8 Å². The molecule has 4 rings (SSSR count). The van der Waals surface area contributed by atoms with Crippen molar-refractivity contribution in [3.63, 3.8) is 0 Å². The molecule has 4 aliphatic rings. The van der Waals surface area contributed by atoms with Gasteiger partial charge in [0.05, 0.1) is 0 Å². The van der Waals surface area contributed by atoms with Gasteiger partial charge in [-0.15, -0.1) is 0 Å². The number of thioether (sulfide) groups is 1. The van der Waals surface area contributed by atoms with Gasteiger partial charge in [-0.2, -0.15) is 0 Å².